The maximum absolute atomic E-state index is 5.84. The molecule has 2 aromatic rings. The van der Waals surface area contributed by atoms with Gasteiger partial charge in [0.05, 0.1) is 13.2 Å². The van der Waals surface area contributed by atoms with Crippen LogP contribution < -0.4 is 0 Å². The van der Waals surface area contributed by atoms with Gasteiger partial charge in [-0.2, -0.15) is 0 Å². The molecule has 126 valence electrons. The third-order valence-electron chi connectivity index (χ3n) is 6.13. The minimum Gasteiger partial charge on any atom is -0.375 e. The molecule has 0 spiro atoms. The molecule has 1 aliphatic carbocycles. The second-order valence-electron chi connectivity index (χ2n) is 7.66. The monoisotopic (exact) mass is 321 g/mol. The molecule has 1 aliphatic heterocycles. The Bertz CT molecular complexity index is 684. The second kappa shape index (κ2) is 6.34. The van der Waals surface area contributed by atoms with E-state index >= 15 is 0 Å². The zero-order valence-corrected chi connectivity index (χ0v) is 14.7. The van der Waals surface area contributed by atoms with E-state index < -0.39 is 0 Å². The molecule has 4 rings (SSSR count). The summed E-state index contributed by atoms with van der Waals surface area (Å²) < 4.78 is 5.84. The molecule has 1 saturated carbocycles. The Morgan fingerprint density at radius 1 is 1.04 bits per heavy atom. The van der Waals surface area contributed by atoms with Crippen molar-refractivity contribution in [3.05, 3.63) is 71.3 Å². The molecule has 2 nitrogen and oxygen atoms in total. The third-order valence-corrected chi connectivity index (χ3v) is 6.13. The maximum Gasteiger partial charge on any atom is 0.0717 e. The molecular weight excluding hydrogens is 294 g/mol. The number of ether oxygens (including phenoxy) is 1. The molecule has 0 N–H and O–H groups in total. The molecule has 2 heteroatoms. The first-order valence-corrected chi connectivity index (χ1v) is 9.09. The summed E-state index contributed by atoms with van der Waals surface area (Å²) in [5.74, 6) is 1.65. The predicted octanol–water partition coefficient (Wildman–Crippen LogP) is 4.03. The Kier molecular flexibility index (Phi) is 4.19. The summed E-state index contributed by atoms with van der Waals surface area (Å²) in [6.07, 6.45) is 0. The molecule has 24 heavy (non-hydrogen) atoms. The average Bonchev–Trinajstić information content (AvgIpc) is 2.96. The minimum atomic E-state index is 0.410. The molecule has 2 aromatic carbocycles. The lowest BCUT2D eigenvalue weighted by Crippen LogP contribution is -2.31. The number of benzene rings is 2. The number of aryl methyl sites for hydroxylation is 1. The molecule has 2 atom stereocenters. The van der Waals surface area contributed by atoms with Crippen LogP contribution in [-0.4, -0.2) is 31.1 Å². The van der Waals surface area contributed by atoms with Gasteiger partial charge in [0, 0.05) is 25.0 Å². The normalized spacial score (nSPS) is 28.8. The second-order valence-corrected chi connectivity index (χ2v) is 7.66. The van der Waals surface area contributed by atoms with Gasteiger partial charge in [-0.3, -0.25) is 0 Å². The van der Waals surface area contributed by atoms with E-state index in [2.05, 4.69) is 67.3 Å². The Hall–Kier alpha value is -1.64. The number of likely N-dealkylation sites (tertiary alicyclic amines) is 1. The highest BCUT2D eigenvalue weighted by molar-refractivity contribution is 5.39. The fourth-order valence-corrected chi connectivity index (χ4v) is 4.51. The molecule has 2 aliphatic rings. The van der Waals surface area contributed by atoms with Gasteiger partial charge in [0.25, 0.3) is 0 Å². The summed E-state index contributed by atoms with van der Waals surface area (Å²) in [7, 11) is 0. The van der Waals surface area contributed by atoms with Crippen molar-refractivity contribution in [2.45, 2.75) is 25.9 Å². The molecule has 2 unspecified atom stereocenters. The van der Waals surface area contributed by atoms with E-state index in [1.165, 1.54) is 29.8 Å². The zero-order chi connectivity index (χ0) is 16.6. The molecule has 1 heterocycles. The van der Waals surface area contributed by atoms with Crippen LogP contribution in [0.3, 0.4) is 0 Å². The summed E-state index contributed by atoms with van der Waals surface area (Å²) in [4.78, 5) is 2.58. The van der Waals surface area contributed by atoms with Crippen LogP contribution >= 0.6 is 0 Å². The number of piperidine rings is 1. The highest BCUT2D eigenvalue weighted by Gasteiger charge is 2.65. The van der Waals surface area contributed by atoms with E-state index in [-0.39, 0.29) is 0 Å². The largest absolute Gasteiger partial charge is 0.375 e. The lowest BCUT2D eigenvalue weighted by atomic mass is 9.91. The van der Waals surface area contributed by atoms with Gasteiger partial charge in [-0.05, 0) is 29.9 Å². The average molecular weight is 321 g/mol. The van der Waals surface area contributed by atoms with Gasteiger partial charge in [0.1, 0.15) is 0 Å². The first-order chi connectivity index (χ1) is 11.7. The number of hydrogen-bond acceptors (Lipinski definition) is 2. The van der Waals surface area contributed by atoms with E-state index in [1.54, 1.807) is 0 Å². The van der Waals surface area contributed by atoms with Gasteiger partial charge >= 0.3 is 0 Å². The van der Waals surface area contributed by atoms with Crippen LogP contribution in [0.25, 0.3) is 0 Å². The maximum atomic E-state index is 5.84. The van der Waals surface area contributed by atoms with Crippen molar-refractivity contribution in [3.63, 3.8) is 0 Å². The fourth-order valence-electron chi connectivity index (χ4n) is 4.51. The summed E-state index contributed by atoms with van der Waals surface area (Å²) in [6, 6.07) is 19.5. The van der Waals surface area contributed by atoms with Crippen LogP contribution in [0.15, 0.2) is 54.6 Å². The SMILES string of the molecule is Cc1cccc(C2(C)C3CN(CCOCc4ccccc4)CC32)c1. The lowest BCUT2D eigenvalue weighted by Gasteiger charge is -2.24. The Balaban J connectivity index is 1.24. The summed E-state index contributed by atoms with van der Waals surface area (Å²) in [5.41, 5.74) is 4.59. The van der Waals surface area contributed by atoms with E-state index in [1.807, 2.05) is 6.07 Å². The van der Waals surface area contributed by atoms with Gasteiger partial charge in [-0.15, -0.1) is 0 Å². The predicted molar refractivity (Wildman–Crippen MR) is 98.0 cm³/mol. The van der Waals surface area contributed by atoms with Crippen LogP contribution in [0.2, 0.25) is 0 Å². The standard InChI is InChI=1S/C22H27NO/c1-17-7-6-10-19(13-17)22(2)20-14-23(15-21(20)22)11-12-24-16-18-8-4-3-5-9-18/h3-10,13,20-21H,11-12,14-16H2,1-2H3. The smallest absolute Gasteiger partial charge is 0.0717 e. The van der Waals surface area contributed by atoms with Crippen LogP contribution in [-0.2, 0) is 16.8 Å². The molecule has 0 amide bonds. The van der Waals surface area contributed by atoms with E-state index in [9.17, 15) is 0 Å². The number of rotatable bonds is 6. The van der Waals surface area contributed by atoms with Crippen molar-refractivity contribution in [1.82, 2.24) is 4.90 Å². The first-order valence-electron chi connectivity index (χ1n) is 9.09. The van der Waals surface area contributed by atoms with Crippen molar-refractivity contribution in [2.24, 2.45) is 11.8 Å². The van der Waals surface area contributed by atoms with Crippen LogP contribution in [0.4, 0.5) is 0 Å². The molecule has 0 radical (unpaired) electrons. The quantitative estimate of drug-likeness (QED) is 0.745. The minimum absolute atomic E-state index is 0.410. The molecule has 2 fully saturated rings. The highest BCUT2D eigenvalue weighted by atomic mass is 16.5. The van der Waals surface area contributed by atoms with E-state index in [0.717, 1.165) is 31.6 Å². The Labute approximate surface area is 145 Å². The molecule has 0 aromatic heterocycles. The molecule has 0 bridgehead atoms. The Morgan fingerprint density at radius 2 is 1.79 bits per heavy atom. The fraction of sp³-hybridized carbons (Fsp3) is 0.455. The van der Waals surface area contributed by atoms with Crippen molar-refractivity contribution in [3.8, 4) is 0 Å². The van der Waals surface area contributed by atoms with Gasteiger partial charge < -0.3 is 9.64 Å². The van der Waals surface area contributed by atoms with Crippen molar-refractivity contribution in [1.29, 1.82) is 0 Å². The zero-order valence-electron chi connectivity index (χ0n) is 14.7. The topological polar surface area (TPSA) is 12.5 Å². The first kappa shape index (κ1) is 15.9. The van der Waals surface area contributed by atoms with Gasteiger partial charge in [-0.1, -0.05) is 67.1 Å². The van der Waals surface area contributed by atoms with Crippen LogP contribution in [0, 0.1) is 18.8 Å². The summed E-state index contributed by atoms with van der Waals surface area (Å²) >= 11 is 0. The number of nitrogens with zero attached hydrogens (tertiary/aromatic N) is 1. The van der Waals surface area contributed by atoms with Crippen LogP contribution in [0.5, 0.6) is 0 Å². The lowest BCUT2D eigenvalue weighted by molar-refractivity contribution is 0.0941. The van der Waals surface area contributed by atoms with Crippen molar-refractivity contribution < 1.29 is 4.74 Å². The van der Waals surface area contributed by atoms with Gasteiger partial charge in [0.2, 0.25) is 0 Å². The third kappa shape index (κ3) is 2.89. The number of hydrogen-bond donors (Lipinski definition) is 0. The molecular formula is C22H27NO. The van der Waals surface area contributed by atoms with Crippen molar-refractivity contribution >= 4 is 0 Å². The highest BCUT2D eigenvalue weighted by Crippen LogP contribution is 2.63. The van der Waals surface area contributed by atoms with Crippen molar-refractivity contribution in [2.75, 3.05) is 26.2 Å². The van der Waals surface area contributed by atoms with Gasteiger partial charge in [-0.25, -0.2) is 0 Å². The number of fused-ring (bicyclic) bond motifs is 1. The van der Waals surface area contributed by atoms with E-state index in [0.29, 0.717) is 5.41 Å². The Morgan fingerprint density at radius 3 is 2.50 bits per heavy atom. The summed E-state index contributed by atoms with van der Waals surface area (Å²) in [6.45, 7) is 9.72. The van der Waals surface area contributed by atoms with Crippen LogP contribution in [0.1, 0.15) is 23.6 Å². The molecule has 1 saturated heterocycles. The van der Waals surface area contributed by atoms with Gasteiger partial charge in [0.15, 0.2) is 0 Å². The van der Waals surface area contributed by atoms with E-state index in [4.69, 9.17) is 4.74 Å². The summed E-state index contributed by atoms with van der Waals surface area (Å²) in [5, 5.41) is 0.